The maximum Gasteiger partial charge on any atom is 0.410 e. The summed E-state index contributed by atoms with van der Waals surface area (Å²) in [5.74, 6) is 0. The molecule has 1 amide bonds. The predicted molar refractivity (Wildman–Crippen MR) is 81.5 cm³/mol. The summed E-state index contributed by atoms with van der Waals surface area (Å²) in [5, 5.41) is 8.61. The molecule has 0 unspecified atom stereocenters. The van der Waals surface area contributed by atoms with Crippen molar-refractivity contribution in [1.29, 1.82) is 0 Å². The highest BCUT2D eigenvalue weighted by Crippen LogP contribution is 2.25. The van der Waals surface area contributed by atoms with Crippen LogP contribution in [0, 0.1) is 0 Å². The summed E-state index contributed by atoms with van der Waals surface area (Å²) in [5.41, 5.74) is -0.451. The Morgan fingerprint density at radius 1 is 1.20 bits per heavy atom. The van der Waals surface area contributed by atoms with Crippen LogP contribution in [-0.4, -0.2) is 44.7 Å². The lowest BCUT2D eigenvalue weighted by Crippen LogP contribution is -2.42. The first-order valence-electron chi connectivity index (χ1n) is 6.52. The molecule has 1 saturated heterocycles. The van der Waals surface area contributed by atoms with Crippen molar-refractivity contribution in [2.24, 2.45) is 0 Å². The lowest BCUT2D eigenvalue weighted by molar-refractivity contribution is 0.0180. The molecule has 2 rings (SSSR count). The lowest BCUT2D eigenvalue weighted by atomic mass is 10.1. The lowest BCUT2D eigenvalue weighted by Gasteiger charge is -2.32. The van der Waals surface area contributed by atoms with Crippen molar-refractivity contribution in [2.75, 3.05) is 13.1 Å². The molecular weight excluding hydrogens is 392 g/mol. The molecule has 8 heteroatoms. The van der Waals surface area contributed by atoms with E-state index in [1.54, 1.807) is 9.70 Å². The van der Waals surface area contributed by atoms with Gasteiger partial charge in [-0.1, -0.05) is 0 Å². The van der Waals surface area contributed by atoms with Crippen molar-refractivity contribution in [3.8, 4) is 0 Å². The molecule has 2 heterocycles. The number of nitrogens with zero attached hydrogens (tertiary/aromatic N) is 4. The number of carbonyl (C=O) groups excluding carboxylic acids is 1. The summed E-state index contributed by atoms with van der Waals surface area (Å²) in [6.07, 6.45) is 1.41. The molecule has 0 radical (unpaired) electrons. The molecule has 1 aliphatic rings. The van der Waals surface area contributed by atoms with Gasteiger partial charge in [-0.15, -0.1) is 10.2 Å². The fraction of sp³-hybridized carbons (Fsp3) is 0.750. The van der Waals surface area contributed by atoms with Gasteiger partial charge in [0, 0.05) is 13.1 Å². The third-order valence-electron chi connectivity index (χ3n) is 2.99. The van der Waals surface area contributed by atoms with Crippen LogP contribution in [0.25, 0.3) is 0 Å². The van der Waals surface area contributed by atoms with Gasteiger partial charge in [-0.2, -0.15) is 4.80 Å². The first kappa shape index (κ1) is 15.8. The largest absolute Gasteiger partial charge is 0.444 e. The molecule has 1 aromatic rings. The fourth-order valence-electron chi connectivity index (χ4n) is 2.05. The molecule has 0 bridgehead atoms. The van der Waals surface area contributed by atoms with E-state index in [2.05, 4.69) is 42.1 Å². The Morgan fingerprint density at radius 2 is 1.70 bits per heavy atom. The van der Waals surface area contributed by atoms with Crippen LogP contribution >= 0.6 is 31.9 Å². The van der Waals surface area contributed by atoms with Gasteiger partial charge in [0.05, 0.1) is 6.04 Å². The summed E-state index contributed by atoms with van der Waals surface area (Å²) in [6.45, 7) is 6.95. The zero-order valence-electron chi connectivity index (χ0n) is 11.8. The van der Waals surface area contributed by atoms with E-state index in [-0.39, 0.29) is 12.1 Å². The summed E-state index contributed by atoms with van der Waals surface area (Å²) >= 11 is 6.65. The van der Waals surface area contributed by atoms with E-state index in [1.807, 2.05) is 20.8 Å². The third-order valence-corrected chi connectivity index (χ3v) is 4.59. The van der Waals surface area contributed by atoms with Crippen LogP contribution in [0.5, 0.6) is 0 Å². The van der Waals surface area contributed by atoms with Crippen LogP contribution in [0.1, 0.15) is 39.7 Å². The van der Waals surface area contributed by atoms with Gasteiger partial charge in [-0.3, -0.25) is 0 Å². The van der Waals surface area contributed by atoms with Gasteiger partial charge < -0.3 is 9.64 Å². The van der Waals surface area contributed by atoms with Crippen LogP contribution in [0.4, 0.5) is 4.79 Å². The van der Waals surface area contributed by atoms with Crippen molar-refractivity contribution in [3.63, 3.8) is 0 Å². The molecule has 0 aliphatic carbocycles. The zero-order chi connectivity index (χ0) is 14.9. The van der Waals surface area contributed by atoms with Gasteiger partial charge in [-0.25, -0.2) is 4.79 Å². The quantitative estimate of drug-likeness (QED) is 0.713. The van der Waals surface area contributed by atoms with E-state index < -0.39 is 5.60 Å². The van der Waals surface area contributed by atoms with Crippen LogP contribution in [-0.2, 0) is 4.74 Å². The van der Waals surface area contributed by atoms with Gasteiger partial charge >= 0.3 is 6.09 Å². The minimum atomic E-state index is -0.451. The molecule has 6 nitrogen and oxygen atoms in total. The highest BCUT2D eigenvalue weighted by molar-refractivity contribution is 9.13. The number of carbonyl (C=O) groups is 1. The smallest absolute Gasteiger partial charge is 0.410 e. The third kappa shape index (κ3) is 3.94. The van der Waals surface area contributed by atoms with Crippen molar-refractivity contribution in [1.82, 2.24) is 19.9 Å². The maximum atomic E-state index is 12.0. The Morgan fingerprint density at radius 3 is 2.15 bits per heavy atom. The maximum absolute atomic E-state index is 12.0. The van der Waals surface area contributed by atoms with Crippen LogP contribution in [0.2, 0.25) is 0 Å². The van der Waals surface area contributed by atoms with E-state index in [1.165, 1.54) is 0 Å². The second kappa shape index (κ2) is 6.01. The minimum absolute atomic E-state index is 0.219. The summed E-state index contributed by atoms with van der Waals surface area (Å²) < 4.78 is 6.78. The average molecular weight is 410 g/mol. The number of rotatable bonds is 1. The Kier molecular flexibility index (Phi) is 4.73. The number of ether oxygens (including phenoxy) is 1. The van der Waals surface area contributed by atoms with Crippen molar-refractivity contribution < 1.29 is 9.53 Å². The average Bonchev–Trinajstić information content (AvgIpc) is 2.68. The van der Waals surface area contributed by atoms with E-state index in [4.69, 9.17) is 4.74 Å². The van der Waals surface area contributed by atoms with Crippen molar-refractivity contribution in [3.05, 3.63) is 9.21 Å². The number of amides is 1. The predicted octanol–water partition coefficient (Wildman–Crippen LogP) is 3.38. The van der Waals surface area contributed by atoms with Gasteiger partial charge in [0.15, 0.2) is 9.21 Å². The molecule has 0 atom stereocenters. The number of aromatic nitrogens is 3. The van der Waals surface area contributed by atoms with E-state index >= 15 is 0 Å². The highest BCUT2D eigenvalue weighted by atomic mass is 79.9. The van der Waals surface area contributed by atoms with Gasteiger partial charge in [0.25, 0.3) is 0 Å². The number of hydrogen-bond acceptors (Lipinski definition) is 4. The van der Waals surface area contributed by atoms with Crippen LogP contribution in [0.15, 0.2) is 9.21 Å². The van der Waals surface area contributed by atoms with Crippen molar-refractivity contribution in [2.45, 2.75) is 45.3 Å². The summed E-state index contributed by atoms with van der Waals surface area (Å²) in [7, 11) is 0. The highest BCUT2D eigenvalue weighted by Gasteiger charge is 2.28. The fourth-order valence-corrected chi connectivity index (χ4v) is 2.54. The number of piperidine rings is 1. The summed E-state index contributed by atoms with van der Waals surface area (Å²) in [4.78, 5) is 15.4. The molecule has 0 saturated carbocycles. The minimum Gasteiger partial charge on any atom is -0.444 e. The molecule has 0 N–H and O–H groups in total. The SMILES string of the molecule is CC(C)(C)OC(=O)N1CCC(n2nc(Br)c(Br)n2)CC1. The summed E-state index contributed by atoms with van der Waals surface area (Å²) in [6, 6.07) is 0.219. The topological polar surface area (TPSA) is 60.2 Å². The normalized spacial score (nSPS) is 17.4. The molecule has 20 heavy (non-hydrogen) atoms. The molecular formula is C12H18Br2N4O2. The second-order valence-electron chi connectivity index (χ2n) is 5.80. The molecule has 112 valence electrons. The molecule has 1 aromatic heterocycles. The van der Waals surface area contributed by atoms with E-state index in [9.17, 15) is 4.79 Å². The standard InChI is InChI=1S/C12H18Br2N4O2/c1-12(2,3)20-11(19)17-6-4-8(5-7-17)18-15-9(13)10(14)16-18/h8H,4-7H2,1-3H3. The first-order chi connectivity index (χ1) is 9.26. The van der Waals surface area contributed by atoms with Gasteiger partial charge in [-0.05, 0) is 65.5 Å². The first-order valence-corrected chi connectivity index (χ1v) is 8.10. The zero-order valence-corrected chi connectivity index (χ0v) is 14.9. The van der Waals surface area contributed by atoms with Gasteiger partial charge in [0.1, 0.15) is 5.60 Å². The Balaban J connectivity index is 1.91. The molecule has 0 aromatic carbocycles. The molecule has 1 aliphatic heterocycles. The van der Waals surface area contributed by atoms with Crippen LogP contribution in [0.3, 0.4) is 0 Å². The molecule has 1 fully saturated rings. The van der Waals surface area contributed by atoms with Crippen molar-refractivity contribution >= 4 is 38.0 Å². The van der Waals surface area contributed by atoms with Gasteiger partial charge in [0.2, 0.25) is 0 Å². The van der Waals surface area contributed by atoms with Crippen LogP contribution < -0.4 is 0 Å². The number of likely N-dealkylation sites (tertiary alicyclic amines) is 1. The number of hydrogen-bond donors (Lipinski definition) is 0. The Labute approximate surface area is 135 Å². The monoisotopic (exact) mass is 408 g/mol. The van der Waals surface area contributed by atoms with E-state index in [0.29, 0.717) is 22.3 Å². The Hall–Kier alpha value is -0.630. The number of halogens is 2. The Bertz CT molecular complexity index is 471. The second-order valence-corrected chi connectivity index (χ2v) is 7.30. The van der Waals surface area contributed by atoms with E-state index in [0.717, 1.165) is 12.8 Å². The molecule has 0 spiro atoms.